The molecule has 0 aliphatic heterocycles. The van der Waals surface area contributed by atoms with E-state index < -0.39 is 11.6 Å². The summed E-state index contributed by atoms with van der Waals surface area (Å²) in [5, 5.41) is 15.8. The molecule has 0 bridgehead atoms. The van der Waals surface area contributed by atoms with Gasteiger partial charge in [-0.15, -0.1) is 0 Å². The second kappa shape index (κ2) is 8.21. The van der Waals surface area contributed by atoms with Crippen molar-refractivity contribution in [2.24, 2.45) is 0 Å². The van der Waals surface area contributed by atoms with Crippen LogP contribution in [-0.4, -0.2) is 23.2 Å². The maximum atomic E-state index is 13.6. The normalized spacial score (nSPS) is 11.1. The van der Waals surface area contributed by atoms with E-state index in [0.717, 1.165) is 6.21 Å². The van der Waals surface area contributed by atoms with E-state index in [-0.39, 0.29) is 28.9 Å². The van der Waals surface area contributed by atoms with E-state index in [9.17, 15) is 8.78 Å². The van der Waals surface area contributed by atoms with Crippen LogP contribution in [0.25, 0.3) is 0 Å². The van der Waals surface area contributed by atoms with E-state index >= 15 is 0 Å². The van der Waals surface area contributed by atoms with Crippen molar-refractivity contribution < 1.29 is 8.78 Å². The molecule has 6 nitrogen and oxygen atoms in total. The van der Waals surface area contributed by atoms with Crippen LogP contribution in [0, 0.1) is 17.0 Å². The van der Waals surface area contributed by atoms with Crippen molar-refractivity contribution in [1.82, 2.24) is 15.3 Å². The summed E-state index contributed by atoms with van der Waals surface area (Å²) in [5.74, 6) is -0.922. The van der Waals surface area contributed by atoms with Gasteiger partial charge >= 0.3 is 0 Å². The van der Waals surface area contributed by atoms with Crippen LogP contribution in [0.15, 0.2) is 36.3 Å². The Hall–Kier alpha value is -2.74. The molecular weight excluding hydrogens is 338 g/mol. The number of nitrogens with zero attached hydrogens (tertiary/aromatic N) is 2. The van der Waals surface area contributed by atoms with Crippen LogP contribution >= 0.6 is 11.6 Å². The zero-order valence-electron chi connectivity index (χ0n) is 12.7. The van der Waals surface area contributed by atoms with Crippen LogP contribution < -0.4 is 16.0 Å². The Balaban J connectivity index is 2.17. The molecule has 9 heteroatoms. The van der Waals surface area contributed by atoms with E-state index in [0.29, 0.717) is 5.70 Å². The Bertz CT molecular complexity index is 745. The van der Waals surface area contributed by atoms with Crippen molar-refractivity contribution in [3.63, 3.8) is 0 Å². The fourth-order valence-electron chi connectivity index (χ4n) is 1.82. The molecule has 4 N–H and O–H groups in total. The molecule has 1 aromatic carbocycles. The van der Waals surface area contributed by atoms with E-state index in [2.05, 4.69) is 25.9 Å². The molecule has 0 unspecified atom stereocenters. The third-order valence-corrected chi connectivity index (χ3v) is 3.23. The highest BCUT2D eigenvalue weighted by atomic mass is 35.5. The maximum absolute atomic E-state index is 13.6. The minimum atomic E-state index is -0.658. The number of benzene rings is 1. The first-order valence-corrected chi connectivity index (χ1v) is 7.27. The van der Waals surface area contributed by atoms with E-state index in [1.165, 1.54) is 24.4 Å². The zero-order valence-corrected chi connectivity index (χ0v) is 13.5. The molecule has 0 fully saturated rings. The first kappa shape index (κ1) is 17.6. The third kappa shape index (κ3) is 4.39. The Kier molecular flexibility index (Phi) is 6.02. The minimum Gasteiger partial charge on any atom is -0.392 e. The Labute approximate surface area is 142 Å². The average Bonchev–Trinajstić information content (AvgIpc) is 2.56. The Morgan fingerprint density at radius 1 is 1.33 bits per heavy atom. The third-order valence-electron chi connectivity index (χ3n) is 2.95. The molecule has 126 valence electrons. The van der Waals surface area contributed by atoms with Gasteiger partial charge in [-0.25, -0.2) is 13.8 Å². The predicted octanol–water partition coefficient (Wildman–Crippen LogP) is 3.14. The summed E-state index contributed by atoms with van der Waals surface area (Å²) in [6.07, 6.45) is 3.97. The van der Waals surface area contributed by atoms with Crippen LogP contribution in [0.2, 0.25) is 5.02 Å². The average molecular weight is 353 g/mol. The lowest BCUT2D eigenvalue weighted by atomic mass is 10.2. The largest absolute Gasteiger partial charge is 0.392 e. The molecule has 1 aromatic heterocycles. The monoisotopic (exact) mass is 352 g/mol. The molecule has 24 heavy (non-hydrogen) atoms. The van der Waals surface area contributed by atoms with Crippen LogP contribution in [0.5, 0.6) is 0 Å². The highest BCUT2D eigenvalue weighted by molar-refractivity contribution is 6.32. The van der Waals surface area contributed by atoms with Gasteiger partial charge in [0.15, 0.2) is 5.82 Å². The number of nitrogens with one attached hydrogen (secondary N) is 4. The molecule has 0 atom stereocenters. The van der Waals surface area contributed by atoms with Gasteiger partial charge < -0.3 is 21.4 Å². The van der Waals surface area contributed by atoms with Crippen molar-refractivity contribution >= 4 is 29.6 Å². The highest BCUT2D eigenvalue weighted by Gasteiger charge is 2.11. The number of hydrogen-bond donors (Lipinski definition) is 4. The van der Waals surface area contributed by atoms with Gasteiger partial charge in [0.1, 0.15) is 16.7 Å². The second-order valence-electron chi connectivity index (χ2n) is 4.60. The van der Waals surface area contributed by atoms with Crippen LogP contribution in [0.3, 0.4) is 0 Å². The van der Waals surface area contributed by atoms with E-state index in [1.54, 1.807) is 13.2 Å². The van der Waals surface area contributed by atoms with Gasteiger partial charge in [0, 0.05) is 31.6 Å². The van der Waals surface area contributed by atoms with Crippen molar-refractivity contribution in [3.05, 3.63) is 58.5 Å². The topological polar surface area (TPSA) is 85.7 Å². The quantitative estimate of drug-likeness (QED) is 0.575. The molecule has 2 aromatic rings. The number of hydrogen-bond acceptors (Lipinski definition) is 6. The van der Waals surface area contributed by atoms with Crippen molar-refractivity contribution in [2.45, 2.75) is 6.54 Å². The maximum Gasteiger partial charge on any atom is 0.229 e. The zero-order chi connectivity index (χ0) is 17.5. The molecule has 0 saturated carbocycles. The number of allylic oxidation sites excluding steroid dienone is 1. The van der Waals surface area contributed by atoms with Gasteiger partial charge in [-0.2, -0.15) is 4.98 Å². The molecular formula is C15H15ClF2N6. The summed E-state index contributed by atoms with van der Waals surface area (Å²) in [4.78, 5) is 8.12. The molecule has 0 aliphatic carbocycles. The van der Waals surface area contributed by atoms with Crippen molar-refractivity contribution in [2.75, 3.05) is 17.7 Å². The molecule has 0 saturated heterocycles. The summed E-state index contributed by atoms with van der Waals surface area (Å²) in [6, 6.07) is 3.64. The Morgan fingerprint density at radius 3 is 2.67 bits per heavy atom. The van der Waals surface area contributed by atoms with Crippen LogP contribution in [0.4, 0.5) is 20.5 Å². The van der Waals surface area contributed by atoms with Crippen molar-refractivity contribution in [3.8, 4) is 0 Å². The second-order valence-corrected chi connectivity index (χ2v) is 5.01. The summed E-state index contributed by atoms with van der Waals surface area (Å²) >= 11 is 6.00. The molecule has 2 rings (SSSR count). The summed E-state index contributed by atoms with van der Waals surface area (Å²) < 4.78 is 27.3. The lowest BCUT2D eigenvalue weighted by Crippen LogP contribution is -2.11. The van der Waals surface area contributed by atoms with E-state index in [1.807, 2.05) is 0 Å². The molecule has 0 spiro atoms. The smallest absolute Gasteiger partial charge is 0.229 e. The fourth-order valence-corrected chi connectivity index (χ4v) is 1.98. The SMILES string of the molecule is CN/C=C(\C=N)Nc1ncc(Cl)c(NCc2c(F)cccc2F)n1. The van der Waals surface area contributed by atoms with Crippen LogP contribution in [-0.2, 0) is 6.54 Å². The molecule has 0 radical (unpaired) electrons. The fraction of sp³-hybridized carbons (Fsp3) is 0.133. The van der Waals surface area contributed by atoms with E-state index in [4.69, 9.17) is 17.0 Å². The minimum absolute atomic E-state index is 0.114. The number of halogens is 3. The van der Waals surface area contributed by atoms with Gasteiger partial charge in [-0.3, -0.25) is 0 Å². The number of anilines is 2. The summed E-state index contributed by atoms with van der Waals surface area (Å²) in [7, 11) is 1.68. The van der Waals surface area contributed by atoms with Gasteiger partial charge in [-0.1, -0.05) is 17.7 Å². The number of aromatic nitrogens is 2. The predicted molar refractivity (Wildman–Crippen MR) is 90.3 cm³/mol. The lowest BCUT2D eigenvalue weighted by molar-refractivity contribution is 0.560. The first-order valence-electron chi connectivity index (χ1n) is 6.89. The highest BCUT2D eigenvalue weighted by Crippen LogP contribution is 2.21. The standard InChI is InChI=1S/C15H15ClF2N6/c1-20-6-9(5-19)23-15-22-8-11(16)14(24-15)21-7-10-12(17)3-2-4-13(10)18/h2-6,8,19-20H,7H2,1H3,(H2,21,22,23,24)/b9-6+,19-5?. The van der Waals surface area contributed by atoms with Gasteiger partial charge in [0.2, 0.25) is 5.95 Å². The summed E-state index contributed by atoms with van der Waals surface area (Å²) in [5.41, 5.74) is 0.308. The van der Waals surface area contributed by atoms with Crippen LogP contribution in [0.1, 0.15) is 5.56 Å². The molecule has 0 aliphatic rings. The Morgan fingerprint density at radius 2 is 2.04 bits per heavy atom. The van der Waals surface area contributed by atoms with Gasteiger partial charge in [0.05, 0.1) is 11.9 Å². The number of rotatable bonds is 7. The van der Waals surface area contributed by atoms with Gasteiger partial charge in [-0.05, 0) is 12.1 Å². The lowest BCUT2D eigenvalue weighted by Gasteiger charge is -2.11. The molecule has 0 amide bonds. The first-order chi connectivity index (χ1) is 11.5. The molecule has 1 heterocycles. The van der Waals surface area contributed by atoms with Gasteiger partial charge in [0.25, 0.3) is 0 Å². The summed E-state index contributed by atoms with van der Waals surface area (Å²) in [6.45, 7) is -0.127. The van der Waals surface area contributed by atoms with Crippen molar-refractivity contribution in [1.29, 1.82) is 5.41 Å².